The average molecular weight is 418 g/mol. The monoisotopic (exact) mass is 416 g/mol. The Morgan fingerprint density at radius 1 is 1.29 bits per heavy atom. The van der Waals surface area contributed by atoms with E-state index in [1.54, 1.807) is 0 Å². The lowest BCUT2D eigenvalue weighted by Gasteiger charge is -2.24. The maximum absolute atomic E-state index is 12.5. The highest BCUT2D eigenvalue weighted by atomic mass is 79.9. The van der Waals surface area contributed by atoms with E-state index in [1.807, 2.05) is 32.0 Å². The summed E-state index contributed by atoms with van der Waals surface area (Å²) >= 11 is 6.86. The third-order valence-corrected chi connectivity index (χ3v) is 4.93. The molecule has 0 spiro atoms. The van der Waals surface area contributed by atoms with Gasteiger partial charge in [0, 0.05) is 15.0 Å². The first-order chi connectivity index (χ1) is 9.97. The highest BCUT2D eigenvalue weighted by Gasteiger charge is 2.41. The number of hydrogen-bond donors (Lipinski definition) is 1. The molecule has 114 valence electrons. The maximum Gasteiger partial charge on any atom is 0.252 e. The molecule has 4 nitrogen and oxygen atoms in total. The summed E-state index contributed by atoms with van der Waals surface area (Å²) in [5, 5.41) is 3.17. The number of nitrogens with one attached hydrogen (secondary N) is 1. The van der Waals surface area contributed by atoms with Crippen molar-refractivity contribution in [1.29, 1.82) is 0 Å². The standard InChI is InChI=1S/C15H18Br2N2O2/c1-3-10(4-2)19-14(20)8-13(15(19)21)18-12-7-9(16)5-6-11(12)17/h5-7,10,13,18H,3-4,8H2,1-2H3. The van der Waals surface area contributed by atoms with Gasteiger partial charge < -0.3 is 5.32 Å². The molecule has 2 rings (SSSR count). The summed E-state index contributed by atoms with van der Waals surface area (Å²) in [4.78, 5) is 26.1. The van der Waals surface area contributed by atoms with E-state index in [4.69, 9.17) is 0 Å². The number of halogens is 2. The van der Waals surface area contributed by atoms with Gasteiger partial charge in [-0.3, -0.25) is 14.5 Å². The Kier molecular flexibility index (Phi) is 5.43. The highest BCUT2D eigenvalue weighted by Crippen LogP contribution is 2.29. The smallest absolute Gasteiger partial charge is 0.252 e. The zero-order valence-electron chi connectivity index (χ0n) is 12.0. The summed E-state index contributed by atoms with van der Waals surface area (Å²) in [6, 6.07) is 5.22. The molecule has 6 heteroatoms. The fraction of sp³-hybridized carbons (Fsp3) is 0.467. The van der Waals surface area contributed by atoms with Gasteiger partial charge >= 0.3 is 0 Å². The molecule has 1 atom stereocenters. The molecule has 1 aliphatic heterocycles. The van der Waals surface area contributed by atoms with Crippen LogP contribution in [0.25, 0.3) is 0 Å². The number of amides is 2. The van der Waals surface area contributed by atoms with E-state index in [2.05, 4.69) is 37.2 Å². The summed E-state index contributed by atoms with van der Waals surface area (Å²) in [5.41, 5.74) is 0.807. The number of benzene rings is 1. The number of anilines is 1. The van der Waals surface area contributed by atoms with E-state index in [9.17, 15) is 9.59 Å². The number of carbonyl (C=O) groups excluding carboxylic acids is 2. The molecule has 0 aliphatic carbocycles. The Labute approximate surface area is 141 Å². The van der Waals surface area contributed by atoms with Gasteiger partial charge in [-0.15, -0.1) is 0 Å². The first kappa shape index (κ1) is 16.5. The van der Waals surface area contributed by atoms with Crippen LogP contribution in [0.1, 0.15) is 33.1 Å². The predicted octanol–water partition coefficient (Wildman–Crippen LogP) is 3.94. The van der Waals surface area contributed by atoms with Crippen LogP contribution in [0.3, 0.4) is 0 Å². The number of hydrogen-bond acceptors (Lipinski definition) is 3. The van der Waals surface area contributed by atoms with Gasteiger partial charge in [0.05, 0.1) is 12.1 Å². The number of likely N-dealkylation sites (tertiary alicyclic amines) is 1. The minimum absolute atomic E-state index is 0.00255. The molecule has 1 N–H and O–H groups in total. The largest absolute Gasteiger partial charge is 0.372 e. The van der Waals surface area contributed by atoms with Gasteiger partial charge in [-0.05, 0) is 47.0 Å². The Hall–Kier alpha value is -0.880. The van der Waals surface area contributed by atoms with Crippen LogP contribution in [-0.4, -0.2) is 28.8 Å². The van der Waals surface area contributed by atoms with Crippen LogP contribution in [0.5, 0.6) is 0 Å². The van der Waals surface area contributed by atoms with Gasteiger partial charge in [-0.1, -0.05) is 29.8 Å². The van der Waals surface area contributed by atoms with Gasteiger partial charge in [0.15, 0.2) is 0 Å². The molecule has 0 aromatic heterocycles. The number of nitrogens with zero attached hydrogens (tertiary/aromatic N) is 1. The lowest BCUT2D eigenvalue weighted by atomic mass is 10.1. The van der Waals surface area contributed by atoms with Crippen molar-refractivity contribution < 1.29 is 9.59 Å². The van der Waals surface area contributed by atoms with Crippen LogP contribution in [0.15, 0.2) is 27.1 Å². The minimum Gasteiger partial charge on any atom is -0.372 e. The molecule has 0 saturated carbocycles. The van der Waals surface area contributed by atoms with Crippen LogP contribution < -0.4 is 5.32 Å². The Balaban J connectivity index is 2.17. The molecular formula is C15H18Br2N2O2. The second-order valence-electron chi connectivity index (χ2n) is 5.10. The summed E-state index contributed by atoms with van der Waals surface area (Å²) in [5.74, 6) is -0.210. The predicted molar refractivity (Wildman–Crippen MR) is 90.1 cm³/mol. The van der Waals surface area contributed by atoms with Gasteiger partial charge in [-0.2, -0.15) is 0 Å². The number of imide groups is 1. The van der Waals surface area contributed by atoms with E-state index in [0.29, 0.717) is 0 Å². The van der Waals surface area contributed by atoms with E-state index in [-0.39, 0.29) is 24.3 Å². The zero-order chi connectivity index (χ0) is 15.6. The molecule has 1 unspecified atom stereocenters. The quantitative estimate of drug-likeness (QED) is 0.738. The average Bonchev–Trinajstić information content (AvgIpc) is 2.72. The molecule has 1 aliphatic rings. The second kappa shape index (κ2) is 6.92. The van der Waals surface area contributed by atoms with E-state index in [0.717, 1.165) is 27.5 Å². The van der Waals surface area contributed by atoms with Gasteiger partial charge in [0.2, 0.25) is 5.91 Å². The molecule has 1 aromatic rings. The van der Waals surface area contributed by atoms with Gasteiger partial charge in [0.1, 0.15) is 6.04 Å². The van der Waals surface area contributed by atoms with Crippen LogP contribution in [0, 0.1) is 0 Å². The van der Waals surface area contributed by atoms with Crippen molar-refractivity contribution in [2.45, 2.75) is 45.2 Å². The third-order valence-electron chi connectivity index (χ3n) is 3.75. The van der Waals surface area contributed by atoms with E-state index in [1.165, 1.54) is 4.90 Å². The maximum atomic E-state index is 12.5. The normalized spacial score (nSPS) is 18.7. The van der Waals surface area contributed by atoms with Crippen molar-refractivity contribution >= 4 is 49.4 Å². The van der Waals surface area contributed by atoms with Crippen molar-refractivity contribution in [1.82, 2.24) is 4.90 Å². The van der Waals surface area contributed by atoms with Crippen molar-refractivity contribution in [3.05, 3.63) is 27.1 Å². The van der Waals surface area contributed by atoms with Crippen LogP contribution >= 0.6 is 31.9 Å². The Morgan fingerprint density at radius 2 is 1.95 bits per heavy atom. The van der Waals surface area contributed by atoms with Crippen molar-refractivity contribution in [2.24, 2.45) is 0 Å². The van der Waals surface area contributed by atoms with E-state index >= 15 is 0 Å². The van der Waals surface area contributed by atoms with Crippen LogP contribution in [0.2, 0.25) is 0 Å². The molecular weight excluding hydrogens is 400 g/mol. The van der Waals surface area contributed by atoms with Gasteiger partial charge in [-0.25, -0.2) is 0 Å². The summed E-state index contributed by atoms with van der Waals surface area (Å²) in [7, 11) is 0. The van der Waals surface area contributed by atoms with Crippen molar-refractivity contribution in [3.63, 3.8) is 0 Å². The second-order valence-corrected chi connectivity index (χ2v) is 6.87. The lowest BCUT2D eigenvalue weighted by Crippen LogP contribution is -2.41. The first-order valence-electron chi connectivity index (χ1n) is 7.05. The van der Waals surface area contributed by atoms with Gasteiger partial charge in [0.25, 0.3) is 5.91 Å². The molecule has 2 amide bonds. The van der Waals surface area contributed by atoms with Crippen molar-refractivity contribution in [2.75, 3.05) is 5.32 Å². The fourth-order valence-corrected chi connectivity index (χ4v) is 3.32. The molecule has 0 bridgehead atoms. The fourth-order valence-electron chi connectivity index (χ4n) is 2.60. The van der Waals surface area contributed by atoms with E-state index < -0.39 is 6.04 Å². The lowest BCUT2D eigenvalue weighted by molar-refractivity contribution is -0.141. The number of carbonyl (C=O) groups is 2. The van der Waals surface area contributed by atoms with Crippen molar-refractivity contribution in [3.8, 4) is 0 Å². The molecule has 1 fully saturated rings. The summed E-state index contributed by atoms with van der Waals surface area (Å²) < 4.78 is 1.79. The minimum atomic E-state index is -0.483. The highest BCUT2D eigenvalue weighted by molar-refractivity contribution is 9.11. The SMILES string of the molecule is CCC(CC)N1C(=O)CC(Nc2cc(Br)ccc2Br)C1=O. The Bertz CT molecular complexity index is 559. The summed E-state index contributed by atoms with van der Waals surface area (Å²) in [6.07, 6.45) is 1.80. The van der Waals surface area contributed by atoms with Crippen LogP contribution in [-0.2, 0) is 9.59 Å². The molecule has 1 heterocycles. The molecule has 1 saturated heterocycles. The first-order valence-corrected chi connectivity index (χ1v) is 8.64. The Morgan fingerprint density at radius 3 is 2.57 bits per heavy atom. The zero-order valence-corrected chi connectivity index (χ0v) is 15.2. The third kappa shape index (κ3) is 3.48. The molecule has 0 radical (unpaired) electrons. The molecule has 21 heavy (non-hydrogen) atoms. The molecule has 1 aromatic carbocycles. The van der Waals surface area contributed by atoms with Crippen LogP contribution in [0.4, 0.5) is 5.69 Å². The summed E-state index contributed by atoms with van der Waals surface area (Å²) in [6.45, 7) is 4.00. The topological polar surface area (TPSA) is 49.4 Å². The number of rotatable bonds is 5.